The molecule has 1 aromatic carbocycles. The minimum atomic E-state index is -3.67. The molecule has 2 amide bonds. The number of carbonyl (C=O) groups excluding carboxylic acids is 3. The van der Waals surface area contributed by atoms with Crippen molar-refractivity contribution >= 4 is 28.0 Å². The summed E-state index contributed by atoms with van der Waals surface area (Å²) < 4.78 is 36.8. The zero-order valence-electron chi connectivity index (χ0n) is 23.7. The molecule has 2 N–H and O–H groups in total. The topological polar surface area (TPSA) is 169 Å². The van der Waals surface area contributed by atoms with E-state index in [-0.39, 0.29) is 62.8 Å². The molecule has 1 aliphatic heterocycles. The van der Waals surface area contributed by atoms with E-state index in [1.54, 1.807) is 6.92 Å². The van der Waals surface area contributed by atoms with Crippen molar-refractivity contribution in [1.29, 1.82) is 0 Å². The quantitative estimate of drug-likeness (QED) is 0.355. The van der Waals surface area contributed by atoms with Crippen LogP contribution in [0, 0.1) is 0 Å². The number of amides is 2. The molecule has 15 heteroatoms. The van der Waals surface area contributed by atoms with E-state index in [1.807, 2.05) is 30.3 Å². The van der Waals surface area contributed by atoms with Gasteiger partial charge >= 0.3 is 6.16 Å². The Kier molecular flexibility index (Phi) is 10.7. The Morgan fingerprint density at radius 3 is 2.38 bits per heavy atom. The summed E-state index contributed by atoms with van der Waals surface area (Å²) in [7, 11) is -3.67. The molecule has 0 bridgehead atoms. The number of carbonyl (C=O) groups is 3. The summed E-state index contributed by atoms with van der Waals surface area (Å²) in [5.41, 5.74) is 0.652. The van der Waals surface area contributed by atoms with Crippen LogP contribution < -0.4 is 14.8 Å². The number of ether oxygens (including phenoxy) is 2. The molecule has 228 valence electrons. The molecule has 2 heterocycles. The average Bonchev–Trinajstić information content (AvgIpc) is 3.48. The molecule has 1 aromatic heterocycles. The SMILES string of the molecule is CCOC(=O)ON1CCN(C(=O)[C@H](CNS(C)(=O)=O)NC(=O)c2cc(OC3CCCC3)nc(-c3ccccc3)n2)CC1. The van der Waals surface area contributed by atoms with Gasteiger partial charge in [0.2, 0.25) is 21.8 Å². The van der Waals surface area contributed by atoms with E-state index in [1.165, 1.54) is 16.0 Å². The predicted octanol–water partition coefficient (Wildman–Crippen LogP) is 1.34. The number of hydrogen-bond donors (Lipinski definition) is 2. The highest BCUT2D eigenvalue weighted by atomic mass is 32.2. The van der Waals surface area contributed by atoms with Gasteiger partial charge < -0.3 is 24.5 Å². The zero-order valence-corrected chi connectivity index (χ0v) is 24.5. The van der Waals surface area contributed by atoms with Crippen molar-refractivity contribution in [2.24, 2.45) is 0 Å². The van der Waals surface area contributed by atoms with E-state index in [0.29, 0.717) is 5.56 Å². The third-order valence-electron chi connectivity index (χ3n) is 6.73. The lowest BCUT2D eigenvalue weighted by molar-refractivity contribution is -0.157. The molecular weight excluding hydrogens is 568 g/mol. The monoisotopic (exact) mass is 604 g/mol. The van der Waals surface area contributed by atoms with Gasteiger partial charge in [0.15, 0.2) is 5.82 Å². The third-order valence-corrected chi connectivity index (χ3v) is 7.42. The molecule has 1 atom stereocenters. The molecule has 1 aliphatic carbocycles. The van der Waals surface area contributed by atoms with Crippen LogP contribution in [-0.4, -0.2) is 104 Å². The molecule has 2 aromatic rings. The van der Waals surface area contributed by atoms with Gasteiger partial charge in [-0.3, -0.25) is 9.59 Å². The summed E-state index contributed by atoms with van der Waals surface area (Å²) in [6.45, 7) is 2.22. The van der Waals surface area contributed by atoms with Gasteiger partial charge in [-0.15, -0.1) is 5.06 Å². The average molecular weight is 605 g/mol. The van der Waals surface area contributed by atoms with Crippen molar-refractivity contribution in [2.45, 2.75) is 44.8 Å². The van der Waals surface area contributed by atoms with E-state index in [4.69, 9.17) is 14.3 Å². The highest BCUT2D eigenvalue weighted by molar-refractivity contribution is 7.88. The molecule has 1 saturated heterocycles. The summed E-state index contributed by atoms with van der Waals surface area (Å²) in [5.74, 6) is -0.666. The van der Waals surface area contributed by atoms with Crippen LogP contribution in [0.2, 0.25) is 0 Å². The Labute approximate surface area is 244 Å². The van der Waals surface area contributed by atoms with Gasteiger partial charge in [-0.1, -0.05) is 30.3 Å². The fourth-order valence-electron chi connectivity index (χ4n) is 4.63. The first-order chi connectivity index (χ1) is 20.1. The van der Waals surface area contributed by atoms with Crippen LogP contribution in [0.1, 0.15) is 43.1 Å². The lowest BCUT2D eigenvalue weighted by Gasteiger charge is -2.35. The first kappa shape index (κ1) is 31.1. The molecule has 2 aliphatic rings. The number of sulfonamides is 1. The van der Waals surface area contributed by atoms with E-state index >= 15 is 0 Å². The molecular formula is C27H36N6O8S. The first-order valence-corrected chi connectivity index (χ1v) is 15.8. The Morgan fingerprint density at radius 1 is 1.05 bits per heavy atom. The predicted molar refractivity (Wildman–Crippen MR) is 151 cm³/mol. The van der Waals surface area contributed by atoms with Crippen molar-refractivity contribution < 1.29 is 37.1 Å². The van der Waals surface area contributed by atoms with Crippen LogP contribution in [0.5, 0.6) is 5.88 Å². The van der Waals surface area contributed by atoms with Crippen molar-refractivity contribution in [3.8, 4) is 17.3 Å². The van der Waals surface area contributed by atoms with Crippen molar-refractivity contribution in [3.05, 3.63) is 42.1 Å². The largest absolute Gasteiger partial charge is 0.527 e. The van der Waals surface area contributed by atoms with Crippen molar-refractivity contribution in [1.82, 2.24) is 30.0 Å². The van der Waals surface area contributed by atoms with Gasteiger partial charge in [0, 0.05) is 31.3 Å². The standard InChI is InChI=1S/C27H36N6O8S/c1-3-39-27(36)41-33-15-13-32(14-16-33)26(35)22(18-28-42(2,37)38)30-25(34)21-17-23(40-20-11-7-8-12-20)31-24(29-21)19-9-5-4-6-10-19/h4-6,9-10,17,20,22,28H,3,7-8,11-16,18H2,1-2H3,(H,30,34)/t22-/m0/s1. The van der Waals surface area contributed by atoms with E-state index in [2.05, 4.69) is 20.0 Å². The van der Waals surface area contributed by atoms with E-state index < -0.39 is 34.0 Å². The van der Waals surface area contributed by atoms with Gasteiger partial charge in [-0.05, 0) is 32.6 Å². The number of rotatable bonds is 11. The maximum absolute atomic E-state index is 13.5. The minimum absolute atomic E-state index is 0.0146. The molecule has 42 heavy (non-hydrogen) atoms. The number of benzene rings is 1. The second-order valence-corrected chi connectivity index (χ2v) is 11.8. The Morgan fingerprint density at radius 2 is 1.74 bits per heavy atom. The zero-order chi connectivity index (χ0) is 30.1. The second-order valence-electron chi connectivity index (χ2n) is 9.98. The summed E-state index contributed by atoms with van der Waals surface area (Å²) >= 11 is 0. The van der Waals surface area contributed by atoms with E-state index in [0.717, 1.165) is 31.9 Å². The summed E-state index contributed by atoms with van der Waals surface area (Å²) in [4.78, 5) is 54.1. The maximum atomic E-state index is 13.5. The molecule has 1 saturated carbocycles. The second kappa shape index (κ2) is 14.4. The molecule has 4 rings (SSSR count). The molecule has 0 unspecified atom stereocenters. The van der Waals surface area contributed by atoms with Crippen LogP contribution in [0.3, 0.4) is 0 Å². The van der Waals surface area contributed by atoms with Gasteiger partial charge in [0.25, 0.3) is 5.91 Å². The minimum Gasteiger partial charge on any atom is -0.474 e. The van der Waals surface area contributed by atoms with Crippen LogP contribution in [0.15, 0.2) is 36.4 Å². The Balaban J connectivity index is 1.51. The van der Waals surface area contributed by atoms with Gasteiger partial charge in [-0.2, -0.15) is 4.98 Å². The lowest BCUT2D eigenvalue weighted by Crippen LogP contribution is -2.57. The molecule has 0 radical (unpaired) electrons. The number of hydrogen-bond acceptors (Lipinski definition) is 11. The summed E-state index contributed by atoms with van der Waals surface area (Å²) in [6, 6.07) is 9.31. The summed E-state index contributed by atoms with van der Waals surface area (Å²) in [6.07, 6.45) is 3.99. The molecule has 14 nitrogen and oxygen atoms in total. The van der Waals surface area contributed by atoms with Crippen molar-refractivity contribution in [3.63, 3.8) is 0 Å². The molecule has 2 fully saturated rings. The van der Waals surface area contributed by atoms with Crippen molar-refractivity contribution in [2.75, 3.05) is 45.6 Å². The smallest absolute Gasteiger partial charge is 0.474 e. The number of piperazine rings is 1. The first-order valence-electron chi connectivity index (χ1n) is 13.9. The van der Waals surface area contributed by atoms with Crippen LogP contribution >= 0.6 is 0 Å². The van der Waals surface area contributed by atoms with Crippen LogP contribution in [-0.2, 0) is 24.4 Å². The normalized spacial score (nSPS) is 17.0. The fourth-order valence-corrected chi connectivity index (χ4v) is 5.10. The van der Waals surface area contributed by atoms with E-state index in [9.17, 15) is 22.8 Å². The highest BCUT2D eigenvalue weighted by Gasteiger charge is 2.31. The number of nitrogens with one attached hydrogen (secondary N) is 2. The number of nitrogens with zero attached hydrogens (tertiary/aromatic N) is 4. The van der Waals surface area contributed by atoms with Crippen LogP contribution in [0.25, 0.3) is 11.4 Å². The number of aromatic nitrogens is 2. The number of hydroxylamine groups is 2. The van der Waals surface area contributed by atoms with Crippen LogP contribution in [0.4, 0.5) is 4.79 Å². The lowest BCUT2D eigenvalue weighted by atomic mass is 10.2. The van der Waals surface area contributed by atoms with Gasteiger partial charge in [0.05, 0.1) is 26.0 Å². The highest BCUT2D eigenvalue weighted by Crippen LogP contribution is 2.25. The maximum Gasteiger partial charge on any atom is 0.527 e. The Bertz CT molecular complexity index is 1350. The van der Waals surface area contributed by atoms with Gasteiger partial charge in [-0.25, -0.2) is 22.9 Å². The molecule has 0 spiro atoms. The van der Waals surface area contributed by atoms with Gasteiger partial charge in [0.1, 0.15) is 17.8 Å². The Hall–Kier alpha value is -3.82. The summed E-state index contributed by atoms with van der Waals surface area (Å²) in [5, 5.41) is 4.02. The fraction of sp³-hybridized carbons (Fsp3) is 0.519. The third kappa shape index (κ3) is 9.09.